The van der Waals surface area contributed by atoms with Gasteiger partial charge in [-0.15, -0.1) is 24.0 Å². The molecule has 1 aliphatic rings. The van der Waals surface area contributed by atoms with Gasteiger partial charge in [0.2, 0.25) is 0 Å². The van der Waals surface area contributed by atoms with E-state index < -0.39 is 12.7 Å². The number of fused-ring (bicyclic) bond motifs is 1. The van der Waals surface area contributed by atoms with Crippen LogP contribution in [0.15, 0.2) is 29.4 Å². The van der Waals surface area contributed by atoms with Gasteiger partial charge in [0.25, 0.3) is 0 Å². The molecule has 1 atom stereocenters. The summed E-state index contributed by atoms with van der Waals surface area (Å²) >= 11 is 0. The Morgan fingerprint density at radius 1 is 1.35 bits per heavy atom. The Hall–Kier alpha value is -1.49. The normalized spacial score (nSPS) is 17.5. The molecule has 0 spiro atoms. The highest BCUT2D eigenvalue weighted by molar-refractivity contribution is 14.0. The Bertz CT molecular complexity index is 864. The average Bonchev–Trinajstić information content (AvgIpc) is 3.32. The van der Waals surface area contributed by atoms with Crippen LogP contribution in [0.3, 0.4) is 0 Å². The minimum atomic E-state index is -4.15. The van der Waals surface area contributed by atoms with Crippen LogP contribution in [0.1, 0.15) is 24.5 Å². The highest BCUT2D eigenvalue weighted by Gasteiger charge is 2.33. The number of halogens is 4. The first kappa shape index (κ1) is 25.8. The Morgan fingerprint density at radius 3 is 2.81 bits per heavy atom. The molecule has 1 aliphatic heterocycles. The number of alkyl halides is 3. The second kappa shape index (κ2) is 11.4. The lowest BCUT2D eigenvalue weighted by Gasteiger charge is -2.26. The van der Waals surface area contributed by atoms with Crippen LogP contribution in [0.4, 0.5) is 13.2 Å². The molecule has 0 radical (unpaired) electrons. The van der Waals surface area contributed by atoms with E-state index in [9.17, 15) is 13.2 Å². The topological polar surface area (TPSA) is 46.7 Å². The molecule has 1 fully saturated rings. The molecule has 5 nitrogen and oxygen atoms in total. The zero-order chi connectivity index (χ0) is 21.7. The number of H-pyrrole nitrogens is 1. The molecule has 0 aliphatic carbocycles. The fourth-order valence-corrected chi connectivity index (χ4v) is 4.31. The maximum absolute atomic E-state index is 12.7. The Labute approximate surface area is 199 Å². The van der Waals surface area contributed by atoms with Gasteiger partial charge in [-0.25, -0.2) is 0 Å². The lowest BCUT2D eigenvalue weighted by Crippen LogP contribution is -2.42. The molecular weight excluding hydrogens is 518 g/mol. The summed E-state index contributed by atoms with van der Waals surface area (Å²) in [5.74, 6) is 1.05. The van der Waals surface area contributed by atoms with Gasteiger partial charge in [0.1, 0.15) is 0 Å². The minimum absolute atomic E-state index is 0. The number of aromatic nitrogens is 1. The van der Waals surface area contributed by atoms with Crippen molar-refractivity contribution in [2.45, 2.75) is 32.9 Å². The van der Waals surface area contributed by atoms with Crippen LogP contribution in [0.25, 0.3) is 10.9 Å². The Morgan fingerprint density at radius 2 is 2.13 bits per heavy atom. The largest absolute Gasteiger partial charge is 0.401 e. The average molecular weight is 551 g/mol. The van der Waals surface area contributed by atoms with Crippen molar-refractivity contribution in [2.24, 2.45) is 10.9 Å². The van der Waals surface area contributed by atoms with Gasteiger partial charge in [-0.2, -0.15) is 13.2 Å². The first-order valence-corrected chi connectivity index (χ1v) is 10.6. The molecule has 2 aromatic rings. The van der Waals surface area contributed by atoms with Crippen molar-refractivity contribution in [3.05, 3.63) is 35.5 Å². The molecule has 0 bridgehead atoms. The van der Waals surface area contributed by atoms with Gasteiger partial charge in [-0.1, -0.05) is 25.1 Å². The maximum Gasteiger partial charge on any atom is 0.401 e. The summed E-state index contributed by atoms with van der Waals surface area (Å²) in [5, 5.41) is 4.67. The van der Waals surface area contributed by atoms with Gasteiger partial charge in [-0.05, 0) is 43.4 Å². The standard InChI is InChI=1S/C22H32F3N5.HI/c1-4-29(15-22(23,24)25)13-17-9-11-30(14-17)21(26-3)27-10-8-18-12-28-20-16(2)6-5-7-19(18)20;/h5-7,12,17,28H,4,8-11,13-15H2,1-3H3,(H,26,27);1H. The first-order valence-electron chi connectivity index (χ1n) is 10.6. The molecule has 2 heterocycles. The number of nitrogens with zero attached hydrogens (tertiary/aromatic N) is 3. The molecule has 3 rings (SSSR count). The van der Waals surface area contributed by atoms with Crippen LogP contribution in [-0.2, 0) is 6.42 Å². The quantitative estimate of drug-likeness (QED) is 0.305. The van der Waals surface area contributed by atoms with Gasteiger partial charge in [0.05, 0.1) is 6.54 Å². The number of nitrogens with one attached hydrogen (secondary N) is 2. The second-order valence-corrected chi connectivity index (χ2v) is 8.08. The predicted molar refractivity (Wildman–Crippen MR) is 131 cm³/mol. The number of aryl methyl sites for hydroxylation is 1. The lowest BCUT2D eigenvalue weighted by atomic mass is 10.1. The van der Waals surface area contributed by atoms with E-state index in [4.69, 9.17) is 0 Å². The van der Waals surface area contributed by atoms with Crippen molar-refractivity contribution in [2.75, 3.05) is 46.3 Å². The van der Waals surface area contributed by atoms with Crippen molar-refractivity contribution in [3.8, 4) is 0 Å². The summed E-state index contributed by atoms with van der Waals surface area (Å²) in [6.45, 7) is 6.23. The third kappa shape index (κ3) is 7.00. The third-order valence-electron chi connectivity index (χ3n) is 5.85. The van der Waals surface area contributed by atoms with Gasteiger partial charge < -0.3 is 15.2 Å². The molecule has 0 saturated carbocycles. The molecule has 1 aromatic heterocycles. The summed E-state index contributed by atoms with van der Waals surface area (Å²) in [4.78, 5) is 11.4. The molecule has 2 N–H and O–H groups in total. The number of para-hydroxylation sites is 1. The summed E-state index contributed by atoms with van der Waals surface area (Å²) < 4.78 is 38.2. The van der Waals surface area contributed by atoms with Crippen LogP contribution in [0.5, 0.6) is 0 Å². The van der Waals surface area contributed by atoms with Crippen LogP contribution in [0, 0.1) is 12.8 Å². The number of likely N-dealkylation sites (tertiary alicyclic amines) is 1. The molecular formula is C22H33F3IN5. The van der Waals surface area contributed by atoms with Crippen LogP contribution >= 0.6 is 24.0 Å². The lowest BCUT2D eigenvalue weighted by molar-refractivity contribution is -0.146. The molecule has 0 amide bonds. The van der Waals surface area contributed by atoms with Gasteiger partial charge in [0.15, 0.2) is 5.96 Å². The van der Waals surface area contributed by atoms with E-state index in [2.05, 4.69) is 51.5 Å². The SMILES string of the molecule is CCN(CC1CCN(C(=NC)NCCc2c[nH]c3c(C)cccc23)C1)CC(F)(F)F.I. The fraction of sp³-hybridized carbons (Fsp3) is 0.591. The zero-order valence-electron chi connectivity index (χ0n) is 18.4. The molecule has 174 valence electrons. The van der Waals surface area contributed by atoms with Crippen molar-refractivity contribution in [3.63, 3.8) is 0 Å². The number of guanidine groups is 1. The minimum Gasteiger partial charge on any atom is -0.361 e. The smallest absolute Gasteiger partial charge is 0.361 e. The van der Waals surface area contributed by atoms with Gasteiger partial charge >= 0.3 is 6.18 Å². The van der Waals surface area contributed by atoms with Crippen molar-refractivity contribution in [1.29, 1.82) is 0 Å². The van der Waals surface area contributed by atoms with Crippen LogP contribution in [0.2, 0.25) is 0 Å². The molecule has 31 heavy (non-hydrogen) atoms. The molecule has 9 heteroatoms. The summed E-state index contributed by atoms with van der Waals surface area (Å²) in [6.07, 6.45) is -0.327. The fourth-order valence-electron chi connectivity index (χ4n) is 4.31. The molecule has 1 unspecified atom stereocenters. The Balaban J connectivity index is 0.00000341. The number of aliphatic imine (C=N–C) groups is 1. The summed E-state index contributed by atoms with van der Waals surface area (Å²) in [6, 6.07) is 6.31. The number of benzene rings is 1. The van der Waals surface area contributed by atoms with Crippen molar-refractivity contribution < 1.29 is 13.2 Å². The van der Waals surface area contributed by atoms with E-state index in [0.717, 1.165) is 38.4 Å². The van der Waals surface area contributed by atoms with E-state index in [1.54, 1.807) is 14.0 Å². The van der Waals surface area contributed by atoms with Crippen molar-refractivity contribution in [1.82, 2.24) is 20.1 Å². The number of hydrogen-bond acceptors (Lipinski definition) is 2. The monoisotopic (exact) mass is 551 g/mol. The van der Waals surface area contributed by atoms with E-state index in [1.165, 1.54) is 26.9 Å². The zero-order valence-corrected chi connectivity index (χ0v) is 20.8. The summed E-state index contributed by atoms with van der Waals surface area (Å²) in [5.41, 5.74) is 3.68. The van der Waals surface area contributed by atoms with E-state index in [0.29, 0.717) is 13.1 Å². The number of rotatable bonds is 7. The third-order valence-corrected chi connectivity index (χ3v) is 5.85. The predicted octanol–water partition coefficient (Wildman–Crippen LogP) is 4.42. The first-order chi connectivity index (χ1) is 14.3. The second-order valence-electron chi connectivity index (χ2n) is 8.08. The molecule has 1 aromatic carbocycles. The van der Waals surface area contributed by atoms with Crippen molar-refractivity contribution >= 4 is 40.8 Å². The maximum atomic E-state index is 12.7. The Kier molecular flexibility index (Phi) is 9.47. The number of hydrogen-bond donors (Lipinski definition) is 2. The number of aromatic amines is 1. The van der Waals surface area contributed by atoms with Crippen LogP contribution in [-0.4, -0.2) is 73.2 Å². The summed E-state index contributed by atoms with van der Waals surface area (Å²) in [7, 11) is 1.76. The van der Waals surface area contributed by atoms with Gasteiger partial charge in [-0.3, -0.25) is 9.89 Å². The molecule has 1 saturated heterocycles. The van der Waals surface area contributed by atoms with Crippen LogP contribution < -0.4 is 5.32 Å². The highest BCUT2D eigenvalue weighted by Crippen LogP contribution is 2.23. The van der Waals surface area contributed by atoms with E-state index in [-0.39, 0.29) is 29.9 Å². The van der Waals surface area contributed by atoms with Gasteiger partial charge in [0, 0.05) is 50.3 Å². The highest BCUT2D eigenvalue weighted by atomic mass is 127. The van der Waals surface area contributed by atoms with E-state index in [1.807, 2.05) is 0 Å². The van der Waals surface area contributed by atoms with E-state index >= 15 is 0 Å².